The summed E-state index contributed by atoms with van der Waals surface area (Å²) < 4.78 is 5.34. The van der Waals surface area contributed by atoms with E-state index in [9.17, 15) is 14.7 Å². The van der Waals surface area contributed by atoms with Crippen molar-refractivity contribution in [3.05, 3.63) is 0 Å². The molecule has 0 radical (unpaired) electrons. The predicted octanol–water partition coefficient (Wildman–Crippen LogP) is -0.224. The zero-order valence-electron chi connectivity index (χ0n) is 12.0. The molecule has 6 nitrogen and oxygen atoms in total. The van der Waals surface area contributed by atoms with E-state index in [1.807, 2.05) is 0 Å². The number of halogens is 1. The fourth-order valence-electron chi connectivity index (χ4n) is 4.07. The minimum Gasteiger partial charge on any atom is -0.453 e. The molecule has 3 N–H and O–H groups in total. The molecule has 3 aliphatic heterocycles. The van der Waals surface area contributed by atoms with Gasteiger partial charge in [-0.05, 0) is 32.7 Å². The highest BCUT2D eigenvalue weighted by atomic mass is 35.5. The number of rotatable bonds is 4. The van der Waals surface area contributed by atoms with Crippen molar-refractivity contribution < 1.29 is 19.4 Å². The summed E-state index contributed by atoms with van der Waals surface area (Å²) in [6.45, 7) is 3.28. The molecule has 5 atom stereocenters. The number of aliphatic hydroxyl groups excluding tert-OH is 1. The van der Waals surface area contributed by atoms with Crippen LogP contribution in [0.5, 0.6) is 0 Å². The molecule has 3 saturated heterocycles. The van der Waals surface area contributed by atoms with E-state index >= 15 is 0 Å². The summed E-state index contributed by atoms with van der Waals surface area (Å²) in [7, 11) is 0. The van der Waals surface area contributed by atoms with Crippen molar-refractivity contribution >= 4 is 23.5 Å². The lowest BCUT2D eigenvalue weighted by atomic mass is 9.65. The van der Waals surface area contributed by atoms with Gasteiger partial charge < -0.3 is 20.5 Å². The molecule has 0 bridgehead atoms. The Labute approximate surface area is 128 Å². The third kappa shape index (κ3) is 1.85. The molecule has 1 amide bonds. The van der Waals surface area contributed by atoms with Gasteiger partial charge in [0.1, 0.15) is 0 Å². The summed E-state index contributed by atoms with van der Waals surface area (Å²) in [4.78, 5) is 24.4. The van der Waals surface area contributed by atoms with Gasteiger partial charge in [0.25, 0.3) is 0 Å². The zero-order chi connectivity index (χ0) is 15.3. The summed E-state index contributed by atoms with van der Waals surface area (Å²) in [5.41, 5.74) is -2.32. The Morgan fingerprint density at radius 3 is 2.86 bits per heavy atom. The third-order valence-electron chi connectivity index (χ3n) is 5.33. The number of hydrogen-bond acceptors (Lipinski definition) is 5. The van der Waals surface area contributed by atoms with E-state index < -0.39 is 29.1 Å². The minimum absolute atomic E-state index is 0.0685. The Kier molecular flexibility index (Phi) is 3.66. The number of esters is 1. The van der Waals surface area contributed by atoms with Crippen LogP contribution in [0.3, 0.4) is 0 Å². The summed E-state index contributed by atoms with van der Waals surface area (Å²) in [6, 6.07) is 0. The van der Waals surface area contributed by atoms with Crippen LogP contribution >= 0.6 is 11.6 Å². The standard InChI is InChI=1S/C14H21ClN2O4/c1-13-9(4-5-15)11(19)17-14(13,12(20)21-13)10(18)8-3-2-6-16-7-8/h8-10,16,18H,2-7H2,1H3,(H,17,19)/t8-,9-,10-,13-,14-/m0/s1. The molecule has 3 heterocycles. The van der Waals surface area contributed by atoms with E-state index in [1.54, 1.807) is 6.92 Å². The number of hydrogen-bond donors (Lipinski definition) is 3. The van der Waals surface area contributed by atoms with E-state index in [4.69, 9.17) is 16.3 Å². The van der Waals surface area contributed by atoms with Crippen molar-refractivity contribution in [2.75, 3.05) is 19.0 Å². The number of nitrogens with one attached hydrogen (secondary N) is 2. The Hall–Kier alpha value is -0.850. The number of piperidine rings is 1. The van der Waals surface area contributed by atoms with Gasteiger partial charge in [-0.2, -0.15) is 0 Å². The van der Waals surface area contributed by atoms with E-state index in [2.05, 4.69) is 10.6 Å². The highest BCUT2D eigenvalue weighted by molar-refractivity contribution is 6.18. The highest BCUT2D eigenvalue weighted by Gasteiger charge is 2.79. The first-order valence-electron chi connectivity index (χ1n) is 7.47. The average Bonchev–Trinajstić information content (AvgIpc) is 2.65. The van der Waals surface area contributed by atoms with Crippen LogP contribution in [-0.2, 0) is 14.3 Å². The second kappa shape index (κ2) is 5.11. The first-order chi connectivity index (χ1) is 9.97. The number of carbonyl (C=O) groups excluding carboxylic acids is 2. The molecule has 7 heteroatoms. The van der Waals surface area contributed by atoms with E-state index in [-0.39, 0.29) is 11.8 Å². The van der Waals surface area contributed by atoms with Gasteiger partial charge in [-0.1, -0.05) is 0 Å². The number of amides is 1. The maximum atomic E-state index is 12.2. The van der Waals surface area contributed by atoms with E-state index in [0.717, 1.165) is 19.4 Å². The normalized spacial score (nSPS) is 43.6. The van der Waals surface area contributed by atoms with Gasteiger partial charge in [0.05, 0.1) is 12.0 Å². The lowest BCUT2D eigenvalue weighted by molar-refractivity contribution is -0.239. The van der Waals surface area contributed by atoms with Crippen molar-refractivity contribution in [1.82, 2.24) is 10.6 Å². The van der Waals surface area contributed by atoms with Gasteiger partial charge in [0, 0.05) is 18.3 Å². The smallest absolute Gasteiger partial charge is 0.339 e. The van der Waals surface area contributed by atoms with E-state index in [0.29, 0.717) is 18.8 Å². The molecule has 3 aliphatic rings. The van der Waals surface area contributed by atoms with Gasteiger partial charge in [0.15, 0.2) is 5.60 Å². The molecular weight excluding hydrogens is 296 g/mol. The second-order valence-electron chi connectivity index (χ2n) is 6.38. The molecule has 0 unspecified atom stereocenters. The van der Waals surface area contributed by atoms with Crippen LogP contribution in [-0.4, -0.2) is 53.2 Å². The molecule has 0 aromatic rings. The van der Waals surface area contributed by atoms with Crippen molar-refractivity contribution in [1.29, 1.82) is 0 Å². The summed E-state index contributed by atoms with van der Waals surface area (Å²) in [6.07, 6.45) is 1.26. The number of fused-ring (bicyclic) bond motifs is 1. The van der Waals surface area contributed by atoms with Gasteiger partial charge >= 0.3 is 5.97 Å². The molecule has 0 spiro atoms. The lowest BCUT2D eigenvalue weighted by Crippen LogP contribution is -2.80. The first-order valence-corrected chi connectivity index (χ1v) is 8.01. The van der Waals surface area contributed by atoms with Gasteiger partial charge in [-0.25, -0.2) is 4.79 Å². The first kappa shape index (κ1) is 15.1. The van der Waals surface area contributed by atoms with E-state index in [1.165, 1.54) is 0 Å². The van der Waals surface area contributed by atoms with Crippen LogP contribution in [0.1, 0.15) is 26.2 Å². The number of aliphatic hydroxyl groups is 1. The number of carbonyl (C=O) groups is 2. The molecule has 0 saturated carbocycles. The zero-order valence-corrected chi connectivity index (χ0v) is 12.8. The third-order valence-corrected chi connectivity index (χ3v) is 5.55. The summed E-state index contributed by atoms with van der Waals surface area (Å²) in [5.74, 6) is -1.05. The van der Waals surface area contributed by atoms with Crippen molar-refractivity contribution in [2.24, 2.45) is 11.8 Å². The van der Waals surface area contributed by atoms with Gasteiger partial charge in [-0.3, -0.25) is 4.79 Å². The summed E-state index contributed by atoms with van der Waals surface area (Å²) >= 11 is 5.76. The Morgan fingerprint density at radius 2 is 2.29 bits per heavy atom. The molecule has 118 valence electrons. The summed E-state index contributed by atoms with van der Waals surface area (Å²) in [5, 5.41) is 16.8. The van der Waals surface area contributed by atoms with Crippen LogP contribution in [0, 0.1) is 11.8 Å². The second-order valence-corrected chi connectivity index (χ2v) is 6.75. The molecule has 0 aliphatic carbocycles. The van der Waals surface area contributed by atoms with Gasteiger partial charge in [0.2, 0.25) is 11.4 Å². The number of alkyl halides is 1. The Balaban J connectivity index is 1.90. The molecular formula is C14H21ClN2O4. The molecule has 21 heavy (non-hydrogen) atoms. The SMILES string of the molecule is C[C@@]12OC(=O)[C@]1([C@@H](O)[C@H]1CCCNC1)NC(=O)[C@@H]2CCCl. The fourth-order valence-corrected chi connectivity index (χ4v) is 4.29. The monoisotopic (exact) mass is 316 g/mol. The quantitative estimate of drug-likeness (QED) is 0.493. The minimum atomic E-state index is -1.31. The number of ether oxygens (including phenoxy) is 1. The maximum absolute atomic E-state index is 12.2. The fraction of sp³-hybridized carbons (Fsp3) is 0.857. The van der Waals surface area contributed by atoms with Crippen molar-refractivity contribution in [2.45, 2.75) is 43.4 Å². The van der Waals surface area contributed by atoms with Crippen LogP contribution in [0.25, 0.3) is 0 Å². The molecule has 0 aromatic heterocycles. The van der Waals surface area contributed by atoms with Crippen molar-refractivity contribution in [3.63, 3.8) is 0 Å². The highest BCUT2D eigenvalue weighted by Crippen LogP contribution is 2.53. The lowest BCUT2D eigenvalue weighted by Gasteiger charge is -2.54. The maximum Gasteiger partial charge on any atom is 0.339 e. The van der Waals surface area contributed by atoms with Crippen LogP contribution in [0.2, 0.25) is 0 Å². The van der Waals surface area contributed by atoms with Crippen LogP contribution in [0.4, 0.5) is 0 Å². The van der Waals surface area contributed by atoms with Gasteiger partial charge in [-0.15, -0.1) is 11.6 Å². The molecule has 3 rings (SSSR count). The average molecular weight is 317 g/mol. The molecule has 3 fully saturated rings. The topological polar surface area (TPSA) is 87.7 Å². The van der Waals surface area contributed by atoms with Crippen molar-refractivity contribution in [3.8, 4) is 0 Å². The largest absolute Gasteiger partial charge is 0.453 e. The Morgan fingerprint density at radius 1 is 1.52 bits per heavy atom. The van der Waals surface area contributed by atoms with Crippen LogP contribution in [0.15, 0.2) is 0 Å². The molecule has 0 aromatic carbocycles. The van der Waals surface area contributed by atoms with Crippen LogP contribution < -0.4 is 10.6 Å². The Bertz CT molecular complexity index is 468. The predicted molar refractivity (Wildman–Crippen MR) is 75.8 cm³/mol.